The molecule has 0 aliphatic carbocycles. The van der Waals surface area contributed by atoms with Gasteiger partial charge in [0.25, 0.3) is 0 Å². The Morgan fingerprint density at radius 2 is 0.581 bits per heavy atom. The Hall–Kier alpha value is -2.18. The number of hydrogen-bond donors (Lipinski definition) is 3. The zero-order chi connectivity index (χ0) is 62.0. The lowest BCUT2D eigenvalue weighted by Crippen LogP contribution is -2.45. The van der Waals surface area contributed by atoms with Crippen LogP contribution >= 0.6 is 0 Å². The number of ether oxygens (including phenoxy) is 1. The first-order chi connectivity index (χ1) is 42.5. The van der Waals surface area contributed by atoms with Crippen LogP contribution in [0.2, 0.25) is 0 Å². The van der Waals surface area contributed by atoms with Gasteiger partial charge in [0.15, 0.2) is 0 Å². The maximum absolute atomic E-state index is 12.5. The molecule has 86 heavy (non-hydrogen) atoms. The molecule has 0 heterocycles. The number of hydrogen-bond acceptors (Lipinski definition) is 5. The average Bonchev–Trinajstić information content (AvgIpc) is 3.51. The molecule has 0 aliphatic rings. The van der Waals surface area contributed by atoms with Crippen molar-refractivity contribution in [1.29, 1.82) is 0 Å². The van der Waals surface area contributed by atoms with Gasteiger partial charge >= 0.3 is 5.97 Å². The molecule has 0 aromatic carbocycles. The number of amides is 1. The zero-order valence-corrected chi connectivity index (χ0v) is 58.1. The van der Waals surface area contributed by atoms with E-state index >= 15 is 0 Å². The minimum absolute atomic E-state index is 0.0142. The highest BCUT2D eigenvalue weighted by Gasteiger charge is 2.18. The predicted molar refractivity (Wildman–Crippen MR) is 379 cm³/mol. The summed E-state index contributed by atoms with van der Waals surface area (Å²) in [5.41, 5.74) is 0. The van der Waals surface area contributed by atoms with Crippen LogP contribution in [0, 0.1) is 0 Å². The van der Waals surface area contributed by atoms with Crippen molar-refractivity contribution in [3.05, 3.63) is 48.6 Å². The second-order valence-corrected chi connectivity index (χ2v) is 26.7. The lowest BCUT2D eigenvalue weighted by molar-refractivity contribution is -0.143. The van der Waals surface area contributed by atoms with Crippen molar-refractivity contribution in [2.45, 2.75) is 437 Å². The molecule has 1 amide bonds. The van der Waals surface area contributed by atoms with Gasteiger partial charge in [-0.2, -0.15) is 0 Å². The molecule has 6 heteroatoms. The van der Waals surface area contributed by atoms with Gasteiger partial charge in [-0.25, -0.2) is 0 Å². The molecule has 2 unspecified atom stereocenters. The van der Waals surface area contributed by atoms with E-state index in [0.29, 0.717) is 19.4 Å². The van der Waals surface area contributed by atoms with Crippen LogP contribution in [0.25, 0.3) is 0 Å². The van der Waals surface area contributed by atoms with Crippen LogP contribution in [0.1, 0.15) is 425 Å². The molecule has 3 N–H and O–H groups in total. The molecule has 0 saturated heterocycles. The number of aliphatic hydroxyl groups excluding tert-OH is 2. The molecule has 0 spiro atoms. The van der Waals surface area contributed by atoms with Crippen molar-refractivity contribution in [1.82, 2.24) is 5.32 Å². The van der Waals surface area contributed by atoms with Crippen LogP contribution < -0.4 is 5.32 Å². The Labute approximate surface area is 537 Å². The number of aliphatic hydroxyl groups is 2. The third-order valence-corrected chi connectivity index (χ3v) is 18.1. The lowest BCUT2D eigenvalue weighted by atomic mass is 10.0. The number of carbonyl (C=O) groups is 2. The predicted octanol–water partition coefficient (Wildman–Crippen LogP) is 25.6. The summed E-state index contributed by atoms with van der Waals surface area (Å²) in [7, 11) is 0. The average molecular weight is 1210 g/mol. The second kappa shape index (κ2) is 75.3. The van der Waals surface area contributed by atoms with Crippen LogP contribution in [0.5, 0.6) is 0 Å². The smallest absolute Gasteiger partial charge is 0.305 e. The highest BCUT2D eigenvalue weighted by molar-refractivity contribution is 5.76. The fraction of sp³-hybridized carbons (Fsp3) is 0.875. The van der Waals surface area contributed by atoms with Gasteiger partial charge in [-0.3, -0.25) is 9.59 Å². The summed E-state index contributed by atoms with van der Waals surface area (Å²) in [6, 6.07) is -0.625. The Balaban J connectivity index is 3.33. The van der Waals surface area contributed by atoms with Crippen molar-refractivity contribution in [2.24, 2.45) is 0 Å². The van der Waals surface area contributed by atoms with Gasteiger partial charge in [-0.1, -0.05) is 371 Å². The summed E-state index contributed by atoms with van der Waals surface area (Å²) >= 11 is 0. The number of rotatable bonds is 73. The number of unbranched alkanes of at least 4 members (excludes halogenated alkanes) is 56. The van der Waals surface area contributed by atoms with E-state index in [4.69, 9.17) is 4.74 Å². The molecule has 506 valence electrons. The van der Waals surface area contributed by atoms with Crippen molar-refractivity contribution < 1.29 is 24.5 Å². The zero-order valence-electron chi connectivity index (χ0n) is 58.1. The molecule has 6 nitrogen and oxygen atoms in total. The van der Waals surface area contributed by atoms with Gasteiger partial charge in [0.05, 0.1) is 25.4 Å². The van der Waals surface area contributed by atoms with E-state index in [1.165, 1.54) is 347 Å². The number of carbonyl (C=O) groups excluding carboxylic acids is 2. The molecule has 0 saturated carbocycles. The molecule has 0 rings (SSSR count). The monoisotopic (exact) mass is 1210 g/mol. The van der Waals surface area contributed by atoms with Crippen LogP contribution in [0.15, 0.2) is 48.6 Å². The van der Waals surface area contributed by atoms with Crippen LogP contribution in [-0.2, 0) is 14.3 Å². The number of allylic oxidation sites excluding steroid dienone is 7. The van der Waals surface area contributed by atoms with E-state index in [2.05, 4.69) is 55.6 Å². The number of nitrogens with one attached hydrogen (secondary N) is 1. The fourth-order valence-electron chi connectivity index (χ4n) is 12.1. The van der Waals surface area contributed by atoms with Gasteiger partial charge in [0.1, 0.15) is 0 Å². The Morgan fingerprint density at radius 3 is 0.907 bits per heavy atom. The summed E-state index contributed by atoms with van der Waals surface area (Å²) in [5.74, 6) is -0.0479. The quantitative estimate of drug-likeness (QED) is 0.0320. The topological polar surface area (TPSA) is 95.9 Å². The van der Waals surface area contributed by atoms with Gasteiger partial charge < -0.3 is 20.3 Å². The van der Waals surface area contributed by atoms with E-state index < -0.39 is 12.1 Å². The second-order valence-electron chi connectivity index (χ2n) is 26.7. The molecule has 0 bridgehead atoms. The number of esters is 1. The minimum atomic E-state index is -0.841. The first-order valence-electron chi connectivity index (χ1n) is 38.9. The van der Waals surface area contributed by atoms with Gasteiger partial charge in [-0.15, -0.1) is 0 Å². The summed E-state index contributed by atoms with van der Waals surface area (Å²) < 4.78 is 5.51. The van der Waals surface area contributed by atoms with E-state index in [1.54, 1.807) is 6.08 Å². The summed E-state index contributed by atoms with van der Waals surface area (Å²) in [5, 5.41) is 23.2. The SMILES string of the molecule is CCCCCC/C=C\C/C=C\CCCCCCCCCC(=O)OCCCCCCCCCCCCCCCCCC/C=C\CCCCCCCCCCCCCCCCCCCC(=O)NC(CO)C(O)/C=C/CCCCCCCCCCCCCC. The van der Waals surface area contributed by atoms with Crippen molar-refractivity contribution in [2.75, 3.05) is 13.2 Å². The van der Waals surface area contributed by atoms with Gasteiger partial charge in [0, 0.05) is 12.8 Å². The molecular weight excluding hydrogens is 1050 g/mol. The first kappa shape index (κ1) is 83.8. The first-order valence-corrected chi connectivity index (χ1v) is 38.9. The standard InChI is InChI=1S/C80H151NO5/c1-3-5-7-9-11-13-15-17-19-20-43-46-50-54-58-62-66-70-74-80(85)86-75-71-67-63-59-55-51-47-44-41-39-37-35-33-31-29-27-25-23-21-22-24-26-28-30-32-34-36-38-40-42-45-49-53-57-61-65-69-73-79(84)81-77(76-82)78(83)72-68-64-60-56-52-48-18-16-14-12-10-8-6-4-2/h13,15,19-21,23,68,72,77-78,82-83H,3-12,14,16-18,22,24-67,69-71,73-76H2,1-2H3,(H,81,84)/b15-13-,20-19-,23-21-,72-68+. The van der Waals surface area contributed by atoms with Crippen molar-refractivity contribution in [3.63, 3.8) is 0 Å². The van der Waals surface area contributed by atoms with Crippen molar-refractivity contribution in [3.8, 4) is 0 Å². The molecule has 0 aliphatic heterocycles. The maximum atomic E-state index is 12.5. The lowest BCUT2D eigenvalue weighted by Gasteiger charge is -2.20. The van der Waals surface area contributed by atoms with Gasteiger partial charge in [0.2, 0.25) is 5.91 Å². The Morgan fingerprint density at radius 1 is 0.326 bits per heavy atom. The van der Waals surface area contributed by atoms with Crippen LogP contribution in [0.3, 0.4) is 0 Å². The van der Waals surface area contributed by atoms with Crippen molar-refractivity contribution >= 4 is 11.9 Å². The van der Waals surface area contributed by atoms with E-state index in [0.717, 1.165) is 51.4 Å². The third-order valence-electron chi connectivity index (χ3n) is 18.1. The molecular formula is C80H151NO5. The van der Waals surface area contributed by atoms with E-state index in [9.17, 15) is 19.8 Å². The van der Waals surface area contributed by atoms with E-state index in [1.807, 2.05) is 6.08 Å². The highest BCUT2D eigenvalue weighted by atomic mass is 16.5. The summed E-state index contributed by atoms with van der Waals surface area (Å²) in [6.07, 6.45) is 99.5. The summed E-state index contributed by atoms with van der Waals surface area (Å²) in [6.45, 7) is 4.91. The van der Waals surface area contributed by atoms with Gasteiger partial charge in [-0.05, 0) is 89.9 Å². The summed E-state index contributed by atoms with van der Waals surface area (Å²) in [4.78, 5) is 24.6. The van der Waals surface area contributed by atoms with Crippen LogP contribution in [-0.4, -0.2) is 47.4 Å². The molecule has 0 fully saturated rings. The Bertz CT molecular complexity index is 1440. The minimum Gasteiger partial charge on any atom is -0.466 e. The largest absolute Gasteiger partial charge is 0.466 e. The molecule has 0 aromatic heterocycles. The fourth-order valence-corrected chi connectivity index (χ4v) is 12.1. The molecule has 0 radical (unpaired) electrons. The molecule has 0 aromatic rings. The molecule has 2 atom stereocenters. The maximum Gasteiger partial charge on any atom is 0.305 e. The highest BCUT2D eigenvalue weighted by Crippen LogP contribution is 2.19. The normalized spacial score (nSPS) is 12.7. The Kier molecular flexibility index (Phi) is 73.4. The third kappa shape index (κ3) is 70.9. The van der Waals surface area contributed by atoms with E-state index in [-0.39, 0.29) is 18.5 Å². The van der Waals surface area contributed by atoms with Crippen LogP contribution in [0.4, 0.5) is 0 Å².